The predicted molar refractivity (Wildman–Crippen MR) is 105 cm³/mol. The van der Waals surface area contributed by atoms with Crippen molar-refractivity contribution in [1.82, 2.24) is 29.8 Å². The minimum Gasteiger partial charge on any atom is -0.435 e. The Labute approximate surface area is 175 Å². The molecule has 0 aliphatic heterocycles. The van der Waals surface area contributed by atoms with Gasteiger partial charge in [0.05, 0.1) is 30.1 Å². The zero-order valence-corrected chi connectivity index (χ0v) is 16.7. The molecule has 3 saturated carbocycles. The smallest absolute Gasteiger partial charge is 0.229 e. The zero-order chi connectivity index (χ0) is 21.5. The molecule has 3 unspecified atom stereocenters. The molecule has 1 amide bonds. The largest absolute Gasteiger partial charge is 0.435 e. The SMILES string of the molecule is CNC(=O)C12CC1[C@H]1C(n3cnc4c(NC)nc(C#Cc5cnco5)nc43)[C@@]1(O)[C@@H]2O. The minimum absolute atomic E-state index is 0.0776. The lowest BCUT2D eigenvalue weighted by molar-refractivity contribution is -0.134. The van der Waals surface area contributed by atoms with Crippen LogP contribution in [0.5, 0.6) is 0 Å². The van der Waals surface area contributed by atoms with Crippen molar-refractivity contribution in [2.75, 3.05) is 19.4 Å². The van der Waals surface area contributed by atoms with E-state index in [2.05, 4.69) is 42.4 Å². The average Bonchev–Trinajstić information content (AvgIpc) is 3.41. The number of amides is 1. The molecule has 4 N–H and O–H groups in total. The number of aliphatic hydroxyl groups excluding tert-OH is 1. The summed E-state index contributed by atoms with van der Waals surface area (Å²) in [5.41, 5.74) is -1.25. The number of carbonyl (C=O) groups is 1. The highest BCUT2D eigenvalue weighted by molar-refractivity contribution is 5.89. The second-order valence-electron chi connectivity index (χ2n) is 8.28. The molecule has 3 fully saturated rings. The van der Waals surface area contributed by atoms with Gasteiger partial charge in [0.1, 0.15) is 5.60 Å². The van der Waals surface area contributed by atoms with Crippen molar-refractivity contribution in [3.05, 3.63) is 30.5 Å². The minimum atomic E-state index is -1.39. The summed E-state index contributed by atoms with van der Waals surface area (Å²) in [6, 6.07) is -0.424. The van der Waals surface area contributed by atoms with Crippen LogP contribution >= 0.6 is 0 Å². The number of fused-ring (bicyclic) bond motifs is 4. The van der Waals surface area contributed by atoms with Crippen LogP contribution in [0.2, 0.25) is 0 Å². The lowest BCUT2D eigenvalue weighted by Crippen LogP contribution is -2.45. The van der Waals surface area contributed by atoms with E-state index in [9.17, 15) is 15.0 Å². The highest BCUT2D eigenvalue weighted by Crippen LogP contribution is 2.82. The number of nitrogens with zero attached hydrogens (tertiary/aromatic N) is 5. The fourth-order valence-corrected chi connectivity index (χ4v) is 5.53. The first-order valence-electron chi connectivity index (χ1n) is 9.92. The molecule has 31 heavy (non-hydrogen) atoms. The van der Waals surface area contributed by atoms with E-state index in [0.29, 0.717) is 29.2 Å². The summed E-state index contributed by atoms with van der Waals surface area (Å²) in [6.07, 6.45) is 3.79. The van der Waals surface area contributed by atoms with Crippen LogP contribution in [0.15, 0.2) is 23.3 Å². The molecule has 11 nitrogen and oxygen atoms in total. The maximum Gasteiger partial charge on any atom is 0.229 e. The molecular weight excluding hydrogens is 402 g/mol. The number of oxazole rings is 1. The summed E-state index contributed by atoms with van der Waals surface area (Å²) in [4.78, 5) is 29.5. The van der Waals surface area contributed by atoms with Gasteiger partial charge < -0.3 is 29.8 Å². The van der Waals surface area contributed by atoms with Crippen LogP contribution in [0.3, 0.4) is 0 Å². The Bertz CT molecular complexity index is 1290. The number of anilines is 1. The van der Waals surface area contributed by atoms with E-state index in [-0.39, 0.29) is 23.6 Å². The number of hydrogen-bond acceptors (Lipinski definition) is 9. The third-order valence-electron chi connectivity index (χ3n) is 7.00. The highest BCUT2D eigenvalue weighted by Gasteiger charge is 2.91. The first kappa shape index (κ1) is 18.3. The molecule has 6 atom stereocenters. The molecule has 0 aromatic carbocycles. The van der Waals surface area contributed by atoms with Crippen molar-refractivity contribution in [2.45, 2.75) is 24.2 Å². The Morgan fingerprint density at radius 2 is 2.19 bits per heavy atom. The molecule has 3 aliphatic carbocycles. The molecule has 6 rings (SSSR count). The zero-order valence-electron chi connectivity index (χ0n) is 16.7. The normalized spacial score (nSPS) is 34.5. The van der Waals surface area contributed by atoms with E-state index in [1.54, 1.807) is 25.0 Å². The molecule has 11 heteroatoms. The number of rotatable bonds is 3. The van der Waals surface area contributed by atoms with Crippen molar-refractivity contribution in [3.63, 3.8) is 0 Å². The van der Waals surface area contributed by atoms with Crippen LogP contribution in [-0.2, 0) is 4.79 Å². The van der Waals surface area contributed by atoms with Crippen molar-refractivity contribution in [3.8, 4) is 11.8 Å². The monoisotopic (exact) mass is 421 g/mol. The number of hydrogen-bond donors (Lipinski definition) is 4. The molecule has 3 aromatic heterocycles. The van der Waals surface area contributed by atoms with Crippen LogP contribution in [0, 0.1) is 29.1 Å². The van der Waals surface area contributed by atoms with Gasteiger partial charge in [-0.2, -0.15) is 0 Å². The topological polar surface area (TPSA) is 151 Å². The van der Waals surface area contributed by atoms with Crippen LogP contribution in [0.25, 0.3) is 11.2 Å². The van der Waals surface area contributed by atoms with E-state index in [0.717, 1.165) is 0 Å². The van der Waals surface area contributed by atoms with Crippen molar-refractivity contribution >= 4 is 22.9 Å². The molecule has 3 heterocycles. The van der Waals surface area contributed by atoms with E-state index < -0.39 is 23.2 Å². The fraction of sp³-hybridized carbons (Fsp3) is 0.450. The summed E-state index contributed by atoms with van der Waals surface area (Å²) in [7, 11) is 3.27. The third kappa shape index (κ3) is 2.13. The highest BCUT2D eigenvalue weighted by atomic mass is 16.4. The molecule has 0 radical (unpaired) electrons. The number of aromatic nitrogens is 5. The quantitative estimate of drug-likeness (QED) is 0.402. The maximum atomic E-state index is 12.3. The third-order valence-corrected chi connectivity index (χ3v) is 7.00. The van der Waals surface area contributed by atoms with Gasteiger partial charge in [0.25, 0.3) is 0 Å². The summed E-state index contributed by atoms with van der Waals surface area (Å²) in [5.74, 6) is 6.26. The van der Waals surface area contributed by atoms with Crippen LogP contribution in [0.1, 0.15) is 24.0 Å². The van der Waals surface area contributed by atoms with Crippen LogP contribution in [0.4, 0.5) is 5.82 Å². The lowest BCUT2D eigenvalue weighted by Gasteiger charge is -2.25. The van der Waals surface area contributed by atoms with Gasteiger partial charge in [-0.05, 0) is 24.2 Å². The summed E-state index contributed by atoms with van der Waals surface area (Å²) < 4.78 is 6.88. The molecule has 158 valence electrons. The van der Waals surface area contributed by atoms with Gasteiger partial charge in [0, 0.05) is 20.0 Å². The first-order valence-corrected chi connectivity index (χ1v) is 9.92. The van der Waals surface area contributed by atoms with Gasteiger partial charge in [-0.1, -0.05) is 0 Å². The van der Waals surface area contributed by atoms with Crippen molar-refractivity contribution in [2.24, 2.45) is 17.3 Å². The number of imidazole rings is 1. The predicted octanol–water partition coefficient (Wildman–Crippen LogP) is -0.715. The van der Waals surface area contributed by atoms with Gasteiger partial charge >= 0.3 is 0 Å². The molecule has 3 aliphatic rings. The van der Waals surface area contributed by atoms with Gasteiger partial charge in [-0.3, -0.25) is 4.79 Å². The lowest BCUT2D eigenvalue weighted by atomic mass is 9.93. The van der Waals surface area contributed by atoms with E-state index in [1.165, 1.54) is 12.6 Å². The average molecular weight is 421 g/mol. The summed E-state index contributed by atoms with van der Waals surface area (Å²) in [6.45, 7) is 0. The molecule has 0 saturated heterocycles. The van der Waals surface area contributed by atoms with E-state index in [1.807, 2.05) is 0 Å². The first-order chi connectivity index (χ1) is 15.0. The van der Waals surface area contributed by atoms with Gasteiger partial charge in [-0.15, -0.1) is 0 Å². The van der Waals surface area contributed by atoms with Crippen molar-refractivity contribution < 1.29 is 19.4 Å². The maximum absolute atomic E-state index is 12.3. The fourth-order valence-electron chi connectivity index (χ4n) is 5.53. The Balaban J connectivity index is 1.40. The van der Waals surface area contributed by atoms with Crippen LogP contribution in [-0.4, -0.2) is 66.4 Å². The Kier molecular flexibility index (Phi) is 3.43. The molecular formula is C20H19N7O4. The van der Waals surface area contributed by atoms with Crippen molar-refractivity contribution in [1.29, 1.82) is 0 Å². The van der Waals surface area contributed by atoms with Gasteiger partial charge in [0.15, 0.2) is 29.1 Å². The Morgan fingerprint density at radius 3 is 2.84 bits per heavy atom. The van der Waals surface area contributed by atoms with E-state index in [4.69, 9.17) is 4.42 Å². The van der Waals surface area contributed by atoms with Gasteiger partial charge in [-0.25, -0.2) is 19.9 Å². The summed E-state index contributed by atoms with van der Waals surface area (Å²) in [5, 5.41) is 27.8. The van der Waals surface area contributed by atoms with Gasteiger partial charge in [0.2, 0.25) is 11.7 Å². The number of aliphatic hydroxyl groups is 2. The second kappa shape index (κ2) is 5.81. The summed E-state index contributed by atoms with van der Waals surface area (Å²) >= 11 is 0. The number of nitrogens with one attached hydrogen (secondary N) is 2. The Morgan fingerprint density at radius 1 is 1.35 bits per heavy atom. The standard InChI is InChI=1S/C20H19N7O4/c1-21-15-13-16(26-11(25-15)4-3-9-6-23-8-31-9)27(7-24-13)14-12-10-5-19(10,18(29)22-2)17(28)20(12,14)30/h6-8,10,12,14,17,28,30H,5H2,1-2H3,(H,22,29)(H,21,25,26)/t10?,12-,14?,17+,19?,20+/m0/s1. The Hall–Kier alpha value is -3.49. The molecule has 0 spiro atoms. The van der Waals surface area contributed by atoms with E-state index >= 15 is 0 Å². The molecule has 3 aromatic rings. The van der Waals surface area contributed by atoms with Crippen LogP contribution < -0.4 is 10.6 Å². The number of carbonyl (C=O) groups excluding carboxylic acids is 1. The molecule has 0 bridgehead atoms. The second-order valence-corrected chi connectivity index (χ2v) is 8.28.